The zero-order chi connectivity index (χ0) is 14.9. The first kappa shape index (κ1) is 13.6. The molecule has 1 aliphatic carbocycles. The molecule has 4 rings (SSSR count). The highest BCUT2D eigenvalue weighted by Crippen LogP contribution is 2.37. The monoisotopic (exact) mass is 311 g/mol. The van der Waals surface area contributed by atoms with Crippen LogP contribution in [0.2, 0.25) is 0 Å². The molecule has 0 unspecified atom stereocenters. The number of aromatic nitrogens is 4. The van der Waals surface area contributed by atoms with Gasteiger partial charge in [-0.3, -0.25) is 0 Å². The fraction of sp³-hybridized carbons (Fsp3) is 0.375. The van der Waals surface area contributed by atoms with E-state index in [1.165, 1.54) is 18.4 Å². The lowest BCUT2D eigenvalue weighted by atomic mass is 10.2. The Bertz CT molecular complexity index is 792. The predicted molar refractivity (Wildman–Crippen MR) is 88.4 cm³/mol. The largest absolute Gasteiger partial charge is 0.369 e. The topological polar surface area (TPSA) is 63.6 Å². The third-order valence-corrected chi connectivity index (χ3v) is 4.93. The average Bonchev–Trinajstić information content (AvgIpc) is 3.32. The Balaban J connectivity index is 1.42. The van der Waals surface area contributed by atoms with E-state index in [4.69, 9.17) is 0 Å². The van der Waals surface area contributed by atoms with Gasteiger partial charge in [-0.2, -0.15) is 0 Å². The van der Waals surface area contributed by atoms with Gasteiger partial charge in [-0.25, -0.2) is 19.9 Å². The van der Waals surface area contributed by atoms with Gasteiger partial charge in [-0.1, -0.05) is 0 Å². The van der Waals surface area contributed by atoms with Crippen LogP contribution in [0.15, 0.2) is 24.1 Å². The predicted octanol–water partition coefficient (Wildman–Crippen LogP) is 3.32. The van der Waals surface area contributed by atoms with Crippen molar-refractivity contribution in [3.63, 3.8) is 0 Å². The van der Waals surface area contributed by atoms with Gasteiger partial charge in [0, 0.05) is 24.9 Å². The summed E-state index contributed by atoms with van der Waals surface area (Å²) in [5.41, 5.74) is 2.38. The zero-order valence-electron chi connectivity index (χ0n) is 12.4. The molecule has 0 amide bonds. The first-order chi connectivity index (χ1) is 10.8. The summed E-state index contributed by atoms with van der Waals surface area (Å²) < 4.78 is 0. The second kappa shape index (κ2) is 5.61. The van der Waals surface area contributed by atoms with E-state index in [-0.39, 0.29) is 0 Å². The van der Waals surface area contributed by atoms with Crippen LogP contribution < -0.4 is 5.32 Å². The maximum atomic E-state index is 4.46. The van der Waals surface area contributed by atoms with Crippen molar-refractivity contribution in [1.82, 2.24) is 19.9 Å². The van der Waals surface area contributed by atoms with Crippen LogP contribution in [-0.4, -0.2) is 26.5 Å². The molecule has 6 heteroatoms. The van der Waals surface area contributed by atoms with E-state index in [1.54, 1.807) is 17.7 Å². The number of hydrogen-bond acceptors (Lipinski definition) is 6. The second-order valence-corrected chi connectivity index (χ2v) is 6.58. The molecule has 0 aromatic carbocycles. The van der Waals surface area contributed by atoms with Gasteiger partial charge < -0.3 is 5.32 Å². The molecule has 1 N–H and O–H groups in total. The van der Waals surface area contributed by atoms with E-state index >= 15 is 0 Å². The minimum absolute atomic E-state index is 0.614. The molecular formula is C16H17N5S. The normalized spacial score (nSPS) is 14.4. The Labute approximate surface area is 132 Å². The van der Waals surface area contributed by atoms with Crippen molar-refractivity contribution in [2.24, 2.45) is 0 Å². The molecule has 0 radical (unpaired) electrons. The molecule has 1 saturated carbocycles. The molecular weight excluding hydrogens is 294 g/mol. The van der Waals surface area contributed by atoms with Crippen molar-refractivity contribution < 1.29 is 0 Å². The molecule has 3 aromatic rings. The first-order valence-electron chi connectivity index (χ1n) is 7.55. The maximum Gasteiger partial charge on any atom is 0.138 e. The summed E-state index contributed by atoms with van der Waals surface area (Å²) in [4.78, 5) is 18.6. The molecule has 112 valence electrons. The van der Waals surface area contributed by atoms with Crippen molar-refractivity contribution >= 4 is 27.4 Å². The summed E-state index contributed by atoms with van der Waals surface area (Å²) in [7, 11) is 0. The van der Waals surface area contributed by atoms with E-state index in [9.17, 15) is 0 Å². The Morgan fingerprint density at radius 1 is 1.18 bits per heavy atom. The highest BCUT2D eigenvalue weighted by atomic mass is 32.1. The highest BCUT2D eigenvalue weighted by Gasteiger charge is 2.25. The lowest BCUT2D eigenvalue weighted by Crippen LogP contribution is -2.08. The van der Waals surface area contributed by atoms with Gasteiger partial charge in [0.1, 0.15) is 22.8 Å². The third-order valence-electron chi connectivity index (χ3n) is 3.93. The van der Waals surface area contributed by atoms with E-state index < -0.39 is 0 Å². The van der Waals surface area contributed by atoms with Crippen LogP contribution in [0.1, 0.15) is 35.7 Å². The first-order valence-corrected chi connectivity index (χ1v) is 8.43. The molecule has 0 atom stereocenters. The molecule has 3 heterocycles. The van der Waals surface area contributed by atoms with Crippen LogP contribution in [0.25, 0.3) is 10.2 Å². The highest BCUT2D eigenvalue weighted by molar-refractivity contribution is 7.17. The van der Waals surface area contributed by atoms with Crippen molar-refractivity contribution in [3.05, 3.63) is 41.1 Å². The molecule has 3 aromatic heterocycles. The van der Waals surface area contributed by atoms with Gasteiger partial charge in [0.15, 0.2) is 0 Å². The lowest BCUT2D eigenvalue weighted by Gasteiger charge is -2.07. The lowest BCUT2D eigenvalue weighted by molar-refractivity contribution is 0.891. The van der Waals surface area contributed by atoms with Crippen molar-refractivity contribution in [3.8, 4) is 0 Å². The second-order valence-electron chi connectivity index (χ2n) is 5.72. The quantitative estimate of drug-likeness (QED) is 0.783. The standard InChI is InChI=1S/C16H17N5S/c1-10-8-22-16-13(10)15(20-9-21-16)17-5-4-11-6-18-14(19-7-11)12-2-3-12/h6-9,12H,2-5H2,1H3,(H,17,20,21). The van der Waals surface area contributed by atoms with E-state index in [2.05, 4.69) is 37.6 Å². The summed E-state index contributed by atoms with van der Waals surface area (Å²) in [5.74, 6) is 2.53. The molecule has 0 saturated heterocycles. The molecule has 0 aliphatic heterocycles. The summed E-state index contributed by atoms with van der Waals surface area (Å²) in [6.07, 6.45) is 8.89. The van der Waals surface area contributed by atoms with E-state index in [0.29, 0.717) is 5.92 Å². The molecule has 0 spiro atoms. The van der Waals surface area contributed by atoms with Gasteiger partial charge in [-0.15, -0.1) is 11.3 Å². The summed E-state index contributed by atoms with van der Waals surface area (Å²) >= 11 is 1.66. The van der Waals surface area contributed by atoms with E-state index in [1.807, 2.05) is 12.4 Å². The SMILES string of the molecule is Cc1csc2ncnc(NCCc3cnc(C4CC4)nc3)c12. The Hall–Kier alpha value is -2.08. The van der Waals surface area contributed by atoms with Crippen LogP contribution in [0, 0.1) is 6.92 Å². The van der Waals surface area contributed by atoms with Gasteiger partial charge in [-0.05, 0) is 42.7 Å². The Kier molecular flexibility index (Phi) is 3.46. The minimum Gasteiger partial charge on any atom is -0.369 e. The Morgan fingerprint density at radius 3 is 2.77 bits per heavy atom. The number of aryl methyl sites for hydroxylation is 1. The Morgan fingerprint density at radius 2 is 2.00 bits per heavy atom. The fourth-order valence-electron chi connectivity index (χ4n) is 2.52. The number of fused-ring (bicyclic) bond motifs is 1. The number of nitrogens with one attached hydrogen (secondary N) is 1. The molecule has 1 aliphatic rings. The summed E-state index contributed by atoms with van der Waals surface area (Å²) in [6.45, 7) is 2.91. The molecule has 22 heavy (non-hydrogen) atoms. The van der Waals surface area contributed by atoms with Crippen LogP contribution >= 0.6 is 11.3 Å². The number of rotatable bonds is 5. The van der Waals surface area contributed by atoms with Crippen molar-refractivity contribution in [2.45, 2.75) is 32.1 Å². The maximum absolute atomic E-state index is 4.46. The number of anilines is 1. The summed E-state index contributed by atoms with van der Waals surface area (Å²) in [5, 5.41) is 6.67. The molecule has 5 nitrogen and oxygen atoms in total. The van der Waals surface area contributed by atoms with Crippen LogP contribution in [0.4, 0.5) is 5.82 Å². The summed E-state index contributed by atoms with van der Waals surface area (Å²) in [6, 6.07) is 0. The zero-order valence-corrected chi connectivity index (χ0v) is 13.2. The minimum atomic E-state index is 0.614. The fourth-order valence-corrected chi connectivity index (χ4v) is 3.41. The van der Waals surface area contributed by atoms with Gasteiger partial charge in [0.2, 0.25) is 0 Å². The smallest absolute Gasteiger partial charge is 0.138 e. The van der Waals surface area contributed by atoms with Crippen LogP contribution in [-0.2, 0) is 6.42 Å². The van der Waals surface area contributed by atoms with Gasteiger partial charge >= 0.3 is 0 Å². The van der Waals surface area contributed by atoms with Gasteiger partial charge in [0.05, 0.1) is 5.39 Å². The van der Waals surface area contributed by atoms with Crippen LogP contribution in [0.3, 0.4) is 0 Å². The number of hydrogen-bond donors (Lipinski definition) is 1. The van der Waals surface area contributed by atoms with Crippen molar-refractivity contribution in [2.75, 3.05) is 11.9 Å². The van der Waals surface area contributed by atoms with E-state index in [0.717, 1.165) is 40.4 Å². The number of nitrogens with zero attached hydrogens (tertiary/aromatic N) is 4. The molecule has 0 bridgehead atoms. The van der Waals surface area contributed by atoms with Crippen molar-refractivity contribution in [1.29, 1.82) is 0 Å². The number of thiophene rings is 1. The van der Waals surface area contributed by atoms with Crippen LogP contribution in [0.5, 0.6) is 0 Å². The molecule has 1 fully saturated rings. The third kappa shape index (κ3) is 2.66. The average molecular weight is 311 g/mol. The van der Waals surface area contributed by atoms with Gasteiger partial charge in [0.25, 0.3) is 0 Å².